The van der Waals surface area contributed by atoms with Crippen LogP contribution in [0.25, 0.3) is 0 Å². The highest BCUT2D eigenvalue weighted by atomic mass is 79.9. The second-order valence-corrected chi connectivity index (χ2v) is 5.61. The molecule has 2 nitrogen and oxygen atoms in total. The molecular weight excluding hydrogens is 328 g/mol. The first-order valence-electron chi connectivity index (χ1n) is 5.83. The molecule has 3 N–H and O–H groups in total. The van der Waals surface area contributed by atoms with Crippen molar-refractivity contribution >= 4 is 15.9 Å². The maximum absolute atomic E-state index is 14.0. The predicted molar refractivity (Wildman–Crippen MR) is 66.4 cm³/mol. The zero-order chi connectivity index (χ0) is 14.2. The largest absolute Gasteiger partial charge is 0.271 e. The third-order valence-corrected chi connectivity index (χ3v) is 4.10. The molecule has 1 fully saturated rings. The van der Waals surface area contributed by atoms with Gasteiger partial charge in [-0.2, -0.15) is 0 Å². The maximum atomic E-state index is 14.0. The lowest BCUT2D eigenvalue weighted by Gasteiger charge is -2.24. The van der Waals surface area contributed by atoms with E-state index >= 15 is 0 Å². The molecule has 0 aliphatic heterocycles. The fourth-order valence-electron chi connectivity index (χ4n) is 2.55. The molecule has 1 aliphatic carbocycles. The summed E-state index contributed by atoms with van der Waals surface area (Å²) in [6.45, 7) is 0. The first-order valence-corrected chi connectivity index (χ1v) is 6.62. The van der Waals surface area contributed by atoms with Crippen LogP contribution in [-0.2, 0) is 0 Å². The van der Waals surface area contributed by atoms with Gasteiger partial charge in [0.1, 0.15) is 11.6 Å². The van der Waals surface area contributed by atoms with Crippen molar-refractivity contribution in [1.82, 2.24) is 5.43 Å². The molecule has 0 bridgehead atoms. The van der Waals surface area contributed by atoms with Crippen LogP contribution in [-0.4, -0.2) is 5.92 Å². The Balaban J connectivity index is 2.36. The van der Waals surface area contributed by atoms with Gasteiger partial charge in [-0.05, 0) is 40.4 Å². The average molecular weight is 341 g/mol. The van der Waals surface area contributed by atoms with Crippen molar-refractivity contribution in [2.45, 2.75) is 31.2 Å². The van der Waals surface area contributed by atoms with E-state index in [1.807, 2.05) is 0 Å². The Morgan fingerprint density at radius 3 is 2.58 bits per heavy atom. The van der Waals surface area contributed by atoms with E-state index in [-0.39, 0.29) is 22.9 Å². The molecule has 7 heteroatoms. The summed E-state index contributed by atoms with van der Waals surface area (Å²) in [5.74, 6) is 0.326. The van der Waals surface area contributed by atoms with Gasteiger partial charge in [0.05, 0.1) is 10.5 Å². The molecule has 2 unspecified atom stereocenters. The SMILES string of the molecule is NNC(c1c(F)ccc(Br)c1F)C1CCC(F)(F)C1. The van der Waals surface area contributed by atoms with Crippen LogP contribution in [0.2, 0.25) is 0 Å². The molecule has 1 aromatic rings. The van der Waals surface area contributed by atoms with Crippen molar-refractivity contribution in [2.75, 3.05) is 0 Å². The molecule has 106 valence electrons. The summed E-state index contributed by atoms with van der Waals surface area (Å²) in [4.78, 5) is 0. The molecule has 0 heterocycles. The highest BCUT2D eigenvalue weighted by molar-refractivity contribution is 9.10. The van der Waals surface area contributed by atoms with Crippen LogP contribution in [0.15, 0.2) is 16.6 Å². The quantitative estimate of drug-likeness (QED) is 0.381. The predicted octanol–water partition coefficient (Wildman–Crippen LogP) is 3.67. The van der Waals surface area contributed by atoms with E-state index in [0.29, 0.717) is 0 Å². The molecular formula is C12H13BrF4N2. The van der Waals surface area contributed by atoms with Crippen molar-refractivity contribution in [3.05, 3.63) is 33.8 Å². The summed E-state index contributed by atoms with van der Waals surface area (Å²) in [6, 6.07) is 1.34. The van der Waals surface area contributed by atoms with Crippen LogP contribution in [0.5, 0.6) is 0 Å². The number of nitrogens with two attached hydrogens (primary N) is 1. The van der Waals surface area contributed by atoms with Crippen LogP contribution in [0.4, 0.5) is 17.6 Å². The molecule has 19 heavy (non-hydrogen) atoms. The van der Waals surface area contributed by atoms with E-state index in [4.69, 9.17) is 5.84 Å². The normalized spacial score (nSPS) is 23.6. The summed E-state index contributed by atoms with van der Waals surface area (Å²) >= 11 is 2.95. The van der Waals surface area contributed by atoms with E-state index in [1.165, 1.54) is 6.07 Å². The zero-order valence-electron chi connectivity index (χ0n) is 9.90. The lowest BCUT2D eigenvalue weighted by Crippen LogP contribution is -2.34. The van der Waals surface area contributed by atoms with Gasteiger partial charge in [0.2, 0.25) is 5.92 Å². The zero-order valence-corrected chi connectivity index (χ0v) is 11.5. The van der Waals surface area contributed by atoms with Crippen molar-refractivity contribution in [1.29, 1.82) is 0 Å². The smallest absolute Gasteiger partial charge is 0.248 e. The number of alkyl halides is 2. The molecule has 1 saturated carbocycles. The molecule has 2 atom stereocenters. The third kappa shape index (κ3) is 2.93. The van der Waals surface area contributed by atoms with E-state index < -0.39 is 35.9 Å². The Kier molecular flexibility index (Phi) is 4.17. The Morgan fingerprint density at radius 1 is 1.37 bits per heavy atom. The molecule has 1 aromatic carbocycles. The second kappa shape index (κ2) is 5.38. The van der Waals surface area contributed by atoms with Crippen molar-refractivity contribution in [3.63, 3.8) is 0 Å². The lowest BCUT2D eigenvalue weighted by atomic mass is 9.91. The monoisotopic (exact) mass is 340 g/mol. The summed E-state index contributed by atoms with van der Waals surface area (Å²) in [6.07, 6.45) is -0.534. The Morgan fingerprint density at radius 2 is 2.05 bits per heavy atom. The van der Waals surface area contributed by atoms with E-state index in [9.17, 15) is 17.6 Å². The highest BCUT2D eigenvalue weighted by Gasteiger charge is 2.43. The lowest BCUT2D eigenvalue weighted by molar-refractivity contribution is 0.00312. The number of benzene rings is 1. The van der Waals surface area contributed by atoms with Gasteiger partial charge in [0.15, 0.2) is 0 Å². The molecule has 0 spiro atoms. The van der Waals surface area contributed by atoms with Gasteiger partial charge < -0.3 is 0 Å². The Hall–Kier alpha value is -0.660. The van der Waals surface area contributed by atoms with Gasteiger partial charge >= 0.3 is 0 Å². The molecule has 2 rings (SSSR count). The molecule has 1 aliphatic rings. The number of rotatable bonds is 3. The van der Waals surface area contributed by atoms with Crippen LogP contribution in [0, 0.1) is 17.6 Å². The summed E-state index contributed by atoms with van der Waals surface area (Å²) in [5.41, 5.74) is 1.98. The number of hydrazine groups is 1. The van der Waals surface area contributed by atoms with Gasteiger partial charge in [-0.15, -0.1) is 0 Å². The summed E-state index contributed by atoms with van der Waals surface area (Å²) in [5, 5.41) is 0. The standard InChI is InChI=1S/C12H13BrF4N2/c13-7-1-2-8(14)9(10(7)15)11(19-18)6-3-4-12(16,17)5-6/h1-2,6,11,19H,3-5,18H2. The fourth-order valence-corrected chi connectivity index (χ4v) is 2.90. The number of hydrogen-bond donors (Lipinski definition) is 2. The van der Waals surface area contributed by atoms with Crippen molar-refractivity contribution < 1.29 is 17.6 Å². The molecule has 0 saturated heterocycles. The third-order valence-electron chi connectivity index (χ3n) is 3.48. The molecule has 0 aromatic heterocycles. The summed E-state index contributed by atoms with van der Waals surface area (Å²) < 4.78 is 54.3. The highest BCUT2D eigenvalue weighted by Crippen LogP contribution is 2.45. The van der Waals surface area contributed by atoms with Crippen molar-refractivity contribution in [3.8, 4) is 0 Å². The average Bonchev–Trinajstić information content (AvgIpc) is 2.70. The number of halogens is 5. The minimum absolute atomic E-state index is 0.0777. The maximum Gasteiger partial charge on any atom is 0.248 e. The van der Waals surface area contributed by atoms with E-state index in [2.05, 4.69) is 21.4 Å². The number of nitrogens with one attached hydrogen (secondary N) is 1. The minimum atomic E-state index is -2.79. The fraction of sp³-hybridized carbons (Fsp3) is 0.500. The summed E-state index contributed by atoms with van der Waals surface area (Å²) in [7, 11) is 0. The van der Waals surface area contributed by atoms with E-state index in [0.717, 1.165) is 6.07 Å². The first-order chi connectivity index (χ1) is 8.85. The molecule has 0 radical (unpaired) electrons. The van der Waals surface area contributed by atoms with Crippen LogP contribution < -0.4 is 11.3 Å². The van der Waals surface area contributed by atoms with Crippen LogP contribution >= 0.6 is 15.9 Å². The van der Waals surface area contributed by atoms with E-state index in [1.54, 1.807) is 0 Å². The topological polar surface area (TPSA) is 38.0 Å². The molecule has 0 amide bonds. The van der Waals surface area contributed by atoms with Crippen LogP contribution in [0.3, 0.4) is 0 Å². The van der Waals surface area contributed by atoms with Gasteiger partial charge in [0.25, 0.3) is 0 Å². The number of hydrogen-bond acceptors (Lipinski definition) is 2. The Labute approximate surface area is 116 Å². The van der Waals surface area contributed by atoms with Gasteiger partial charge in [-0.25, -0.2) is 17.6 Å². The van der Waals surface area contributed by atoms with Crippen molar-refractivity contribution in [2.24, 2.45) is 11.8 Å². The minimum Gasteiger partial charge on any atom is -0.271 e. The first kappa shape index (κ1) is 14.7. The van der Waals surface area contributed by atoms with Crippen LogP contribution in [0.1, 0.15) is 30.9 Å². The second-order valence-electron chi connectivity index (χ2n) is 4.76. The van der Waals surface area contributed by atoms with Gasteiger partial charge in [-0.1, -0.05) is 0 Å². The van der Waals surface area contributed by atoms with Gasteiger partial charge in [0, 0.05) is 18.4 Å². The van der Waals surface area contributed by atoms with Gasteiger partial charge in [-0.3, -0.25) is 11.3 Å². The Bertz CT molecular complexity index is 481.